The van der Waals surface area contributed by atoms with Crippen LogP contribution in [0.25, 0.3) is 11.1 Å². The lowest BCUT2D eigenvalue weighted by Gasteiger charge is -2.19. The molecule has 0 atom stereocenters. The van der Waals surface area contributed by atoms with E-state index >= 15 is 0 Å². The maximum atomic E-state index is 11.8. The van der Waals surface area contributed by atoms with E-state index in [-0.39, 0.29) is 12.0 Å². The highest BCUT2D eigenvalue weighted by Crippen LogP contribution is 2.36. The number of unbranched alkanes of at least 4 members (excludes halogenated alkanes) is 1. The summed E-state index contributed by atoms with van der Waals surface area (Å²) < 4.78 is 17.0. The SMILES string of the molecule is CCCCc1ccc(-c2ccc(OCC(=O)OCC)c(Oc3ccc(C(C)(C)C)cc3)c2)cc1. The second-order valence-electron chi connectivity index (χ2n) is 9.43. The lowest BCUT2D eigenvalue weighted by molar-refractivity contribution is -0.145. The van der Waals surface area contributed by atoms with Crippen molar-refractivity contribution in [2.45, 2.75) is 59.3 Å². The summed E-state index contributed by atoms with van der Waals surface area (Å²) in [7, 11) is 0. The van der Waals surface area contributed by atoms with E-state index in [1.165, 1.54) is 24.0 Å². The van der Waals surface area contributed by atoms with E-state index in [1.807, 2.05) is 30.3 Å². The van der Waals surface area contributed by atoms with Crippen LogP contribution in [-0.2, 0) is 21.4 Å². The number of rotatable bonds is 10. The van der Waals surface area contributed by atoms with Crippen LogP contribution in [0.5, 0.6) is 17.2 Å². The summed E-state index contributed by atoms with van der Waals surface area (Å²) in [4.78, 5) is 11.8. The zero-order valence-electron chi connectivity index (χ0n) is 21.0. The lowest BCUT2D eigenvalue weighted by atomic mass is 9.87. The molecule has 0 radical (unpaired) electrons. The van der Waals surface area contributed by atoms with Gasteiger partial charge in [0.2, 0.25) is 0 Å². The molecular weight excluding hydrogens is 424 g/mol. The Kier molecular flexibility index (Phi) is 8.75. The minimum absolute atomic E-state index is 0.0651. The molecule has 4 heteroatoms. The molecule has 4 nitrogen and oxygen atoms in total. The molecule has 3 aromatic carbocycles. The van der Waals surface area contributed by atoms with Crippen molar-refractivity contribution in [3.05, 3.63) is 77.9 Å². The molecule has 3 aromatic rings. The highest BCUT2D eigenvalue weighted by atomic mass is 16.6. The Hall–Kier alpha value is -3.27. The molecule has 0 fully saturated rings. The molecule has 0 N–H and O–H groups in total. The standard InChI is InChI=1S/C30H36O4/c1-6-8-9-22-10-12-23(13-11-22)24-14-19-27(33-21-29(31)32-7-2)28(20-24)34-26-17-15-25(16-18-26)30(3,4)5/h10-20H,6-9,21H2,1-5H3. The number of hydrogen-bond acceptors (Lipinski definition) is 4. The first kappa shape index (κ1) is 25.4. The minimum Gasteiger partial charge on any atom is -0.478 e. The number of carbonyl (C=O) groups is 1. The second-order valence-corrected chi connectivity index (χ2v) is 9.43. The molecular formula is C30H36O4. The van der Waals surface area contributed by atoms with E-state index in [0.717, 1.165) is 17.5 Å². The van der Waals surface area contributed by atoms with E-state index in [2.05, 4.69) is 64.1 Å². The zero-order chi connectivity index (χ0) is 24.6. The molecule has 3 rings (SSSR count). The van der Waals surface area contributed by atoms with Crippen molar-refractivity contribution in [2.24, 2.45) is 0 Å². The molecule has 0 heterocycles. The summed E-state index contributed by atoms with van der Waals surface area (Å²) in [6.07, 6.45) is 3.47. The monoisotopic (exact) mass is 460 g/mol. The molecule has 180 valence electrons. The number of carbonyl (C=O) groups excluding carboxylic acids is 1. The van der Waals surface area contributed by atoms with Crippen molar-refractivity contribution in [1.82, 2.24) is 0 Å². The van der Waals surface area contributed by atoms with Crippen LogP contribution < -0.4 is 9.47 Å². The van der Waals surface area contributed by atoms with E-state index < -0.39 is 5.97 Å². The molecule has 0 amide bonds. The van der Waals surface area contributed by atoms with Gasteiger partial charge in [-0.15, -0.1) is 0 Å². The Labute approximate surface area is 203 Å². The molecule has 0 saturated heterocycles. The lowest BCUT2D eigenvalue weighted by Crippen LogP contribution is -2.14. The van der Waals surface area contributed by atoms with Crippen LogP contribution in [0, 0.1) is 0 Å². The largest absolute Gasteiger partial charge is 0.478 e. The van der Waals surface area contributed by atoms with Crippen LogP contribution in [0.3, 0.4) is 0 Å². The smallest absolute Gasteiger partial charge is 0.344 e. The number of hydrogen-bond donors (Lipinski definition) is 0. The van der Waals surface area contributed by atoms with E-state index in [4.69, 9.17) is 14.2 Å². The van der Waals surface area contributed by atoms with Crippen LogP contribution in [0.15, 0.2) is 66.7 Å². The van der Waals surface area contributed by atoms with Gasteiger partial charge >= 0.3 is 5.97 Å². The van der Waals surface area contributed by atoms with Crippen LogP contribution in [-0.4, -0.2) is 19.2 Å². The van der Waals surface area contributed by atoms with Gasteiger partial charge in [-0.2, -0.15) is 0 Å². The third-order valence-electron chi connectivity index (χ3n) is 5.65. The Morgan fingerprint density at radius 1 is 0.824 bits per heavy atom. The predicted octanol–water partition coefficient (Wildman–Crippen LogP) is 7.73. The van der Waals surface area contributed by atoms with Crippen LogP contribution >= 0.6 is 0 Å². The van der Waals surface area contributed by atoms with Gasteiger partial charge in [0.1, 0.15) is 5.75 Å². The van der Waals surface area contributed by atoms with Gasteiger partial charge in [-0.25, -0.2) is 4.79 Å². The van der Waals surface area contributed by atoms with Crippen molar-refractivity contribution >= 4 is 5.97 Å². The molecule has 0 spiro atoms. The third-order valence-corrected chi connectivity index (χ3v) is 5.65. The Morgan fingerprint density at radius 2 is 1.50 bits per heavy atom. The average molecular weight is 461 g/mol. The van der Waals surface area contributed by atoms with E-state index in [1.54, 1.807) is 6.92 Å². The summed E-state index contributed by atoms with van der Waals surface area (Å²) in [6.45, 7) is 10.7. The second kappa shape index (κ2) is 11.7. The minimum atomic E-state index is -0.408. The topological polar surface area (TPSA) is 44.8 Å². The predicted molar refractivity (Wildman–Crippen MR) is 138 cm³/mol. The van der Waals surface area contributed by atoms with Crippen LogP contribution in [0.4, 0.5) is 0 Å². The first-order chi connectivity index (χ1) is 16.3. The quantitative estimate of drug-likeness (QED) is 0.290. The Balaban J connectivity index is 1.87. The molecule has 0 saturated carbocycles. The molecule has 0 aliphatic heterocycles. The van der Waals surface area contributed by atoms with Gasteiger partial charge in [0.15, 0.2) is 18.1 Å². The highest BCUT2D eigenvalue weighted by Gasteiger charge is 2.15. The Morgan fingerprint density at radius 3 is 2.12 bits per heavy atom. The number of ether oxygens (including phenoxy) is 3. The number of esters is 1. The van der Waals surface area contributed by atoms with Gasteiger partial charge in [0.05, 0.1) is 6.61 Å². The molecule has 0 aliphatic carbocycles. The molecule has 0 aliphatic rings. The van der Waals surface area contributed by atoms with Gasteiger partial charge in [-0.3, -0.25) is 0 Å². The fourth-order valence-corrected chi connectivity index (χ4v) is 3.62. The van der Waals surface area contributed by atoms with Crippen LogP contribution in [0.2, 0.25) is 0 Å². The average Bonchev–Trinajstić information content (AvgIpc) is 2.82. The summed E-state index contributed by atoms with van der Waals surface area (Å²) in [6, 6.07) is 22.5. The first-order valence-electron chi connectivity index (χ1n) is 12.1. The van der Waals surface area contributed by atoms with Gasteiger partial charge in [-0.05, 0) is 71.7 Å². The molecule has 34 heavy (non-hydrogen) atoms. The van der Waals surface area contributed by atoms with Crippen molar-refractivity contribution in [3.63, 3.8) is 0 Å². The van der Waals surface area contributed by atoms with Gasteiger partial charge in [-0.1, -0.05) is 76.6 Å². The molecule has 0 unspecified atom stereocenters. The van der Waals surface area contributed by atoms with Gasteiger partial charge in [0, 0.05) is 0 Å². The first-order valence-corrected chi connectivity index (χ1v) is 12.1. The van der Waals surface area contributed by atoms with E-state index in [0.29, 0.717) is 23.9 Å². The fraction of sp³-hybridized carbons (Fsp3) is 0.367. The summed E-state index contributed by atoms with van der Waals surface area (Å²) >= 11 is 0. The molecule has 0 aromatic heterocycles. The summed E-state index contributed by atoms with van der Waals surface area (Å²) in [5.41, 5.74) is 4.76. The fourth-order valence-electron chi connectivity index (χ4n) is 3.62. The van der Waals surface area contributed by atoms with Gasteiger partial charge in [0.25, 0.3) is 0 Å². The molecule has 0 bridgehead atoms. The maximum Gasteiger partial charge on any atom is 0.344 e. The van der Waals surface area contributed by atoms with Crippen molar-refractivity contribution in [3.8, 4) is 28.4 Å². The van der Waals surface area contributed by atoms with Crippen molar-refractivity contribution < 1.29 is 19.0 Å². The third kappa shape index (κ3) is 7.11. The summed E-state index contributed by atoms with van der Waals surface area (Å²) in [5, 5.41) is 0. The maximum absolute atomic E-state index is 11.8. The van der Waals surface area contributed by atoms with Crippen molar-refractivity contribution in [1.29, 1.82) is 0 Å². The number of aryl methyl sites for hydroxylation is 1. The normalized spacial score (nSPS) is 11.2. The zero-order valence-corrected chi connectivity index (χ0v) is 21.0. The summed E-state index contributed by atoms with van der Waals surface area (Å²) in [5.74, 6) is 1.35. The van der Waals surface area contributed by atoms with Crippen molar-refractivity contribution in [2.75, 3.05) is 13.2 Å². The Bertz CT molecular complexity index is 1060. The highest BCUT2D eigenvalue weighted by molar-refractivity contribution is 5.72. The van der Waals surface area contributed by atoms with Crippen LogP contribution in [0.1, 0.15) is 58.6 Å². The van der Waals surface area contributed by atoms with Gasteiger partial charge < -0.3 is 14.2 Å². The van der Waals surface area contributed by atoms with E-state index in [9.17, 15) is 4.79 Å². The number of benzene rings is 3.